The van der Waals surface area contributed by atoms with E-state index >= 15 is 0 Å². The van der Waals surface area contributed by atoms with Crippen LogP contribution in [0.1, 0.15) is 24.1 Å². The predicted molar refractivity (Wildman–Crippen MR) is 80.5 cm³/mol. The smallest absolute Gasteiger partial charge is 0.0692 e. The van der Waals surface area contributed by atoms with Crippen LogP contribution >= 0.6 is 23.4 Å². The van der Waals surface area contributed by atoms with Crippen molar-refractivity contribution in [2.24, 2.45) is 5.73 Å². The molecule has 2 aromatic carbocycles. The number of nitrogens with two attached hydrogens (primary N) is 1. The van der Waals surface area contributed by atoms with Gasteiger partial charge in [-0.25, -0.2) is 0 Å². The van der Waals surface area contributed by atoms with Crippen LogP contribution < -0.4 is 5.73 Å². The number of benzene rings is 2. The first-order valence-corrected chi connectivity index (χ1v) is 7.23. The van der Waals surface area contributed by atoms with Crippen LogP contribution in [0.3, 0.4) is 0 Å². The van der Waals surface area contributed by atoms with Crippen LogP contribution in [0.2, 0.25) is 5.02 Å². The molecule has 0 aromatic heterocycles. The van der Waals surface area contributed by atoms with Gasteiger partial charge in [-0.05, 0) is 42.3 Å². The van der Waals surface area contributed by atoms with E-state index in [-0.39, 0.29) is 12.6 Å². The molecule has 0 saturated carbocycles. The number of hydrogen-bond donors (Lipinski definition) is 2. The molecule has 3 N–H and O–H groups in total. The lowest BCUT2D eigenvalue weighted by Crippen LogP contribution is -2.06. The maximum Gasteiger partial charge on any atom is 0.0692 e. The summed E-state index contributed by atoms with van der Waals surface area (Å²) < 4.78 is 0. The van der Waals surface area contributed by atoms with Crippen molar-refractivity contribution in [2.75, 3.05) is 0 Å². The number of halogens is 1. The van der Waals surface area contributed by atoms with Gasteiger partial charge in [0.1, 0.15) is 0 Å². The van der Waals surface area contributed by atoms with Gasteiger partial charge < -0.3 is 10.8 Å². The zero-order chi connectivity index (χ0) is 13.8. The van der Waals surface area contributed by atoms with Crippen molar-refractivity contribution in [2.45, 2.75) is 29.4 Å². The third-order valence-electron chi connectivity index (χ3n) is 2.83. The van der Waals surface area contributed by atoms with E-state index in [2.05, 4.69) is 0 Å². The fourth-order valence-corrected chi connectivity index (χ4v) is 3.15. The van der Waals surface area contributed by atoms with Gasteiger partial charge in [0.25, 0.3) is 0 Å². The van der Waals surface area contributed by atoms with Crippen LogP contribution in [-0.4, -0.2) is 5.11 Å². The number of rotatable bonds is 4. The highest BCUT2D eigenvalue weighted by Gasteiger charge is 2.11. The molecule has 0 radical (unpaired) electrons. The minimum Gasteiger partial charge on any atom is -0.392 e. The molecule has 0 aliphatic rings. The summed E-state index contributed by atoms with van der Waals surface area (Å²) in [6.07, 6.45) is 0. The van der Waals surface area contributed by atoms with Crippen molar-refractivity contribution >= 4 is 23.4 Å². The van der Waals surface area contributed by atoms with E-state index in [0.29, 0.717) is 5.02 Å². The van der Waals surface area contributed by atoms with Gasteiger partial charge in [0, 0.05) is 20.9 Å². The Hall–Kier alpha value is -1.00. The Kier molecular flexibility index (Phi) is 4.88. The van der Waals surface area contributed by atoms with Gasteiger partial charge in [0.15, 0.2) is 0 Å². The Morgan fingerprint density at radius 1 is 1.21 bits per heavy atom. The van der Waals surface area contributed by atoms with Gasteiger partial charge in [0.2, 0.25) is 0 Å². The normalized spacial score (nSPS) is 12.4. The summed E-state index contributed by atoms with van der Waals surface area (Å²) in [5, 5.41) is 10.0. The fraction of sp³-hybridized carbons (Fsp3) is 0.200. The van der Waals surface area contributed by atoms with Crippen molar-refractivity contribution < 1.29 is 5.11 Å². The quantitative estimate of drug-likeness (QED) is 0.895. The molecule has 1 atom stereocenters. The molecule has 2 rings (SSSR count). The largest absolute Gasteiger partial charge is 0.392 e. The Balaban J connectivity index is 2.38. The fourth-order valence-electron chi connectivity index (χ4n) is 1.82. The second kappa shape index (κ2) is 6.44. The highest BCUT2D eigenvalue weighted by molar-refractivity contribution is 7.99. The number of aliphatic hydroxyl groups is 1. The maximum absolute atomic E-state index is 9.36. The minimum absolute atomic E-state index is 0.0320. The van der Waals surface area contributed by atoms with Gasteiger partial charge in [0.05, 0.1) is 6.61 Å². The Bertz CT molecular complexity index is 572. The summed E-state index contributed by atoms with van der Waals surface area (Å²) in [4.78, 5) is 2.11. The molecule has 100 valence electrons. The molecule has 0 aliphatic carbocycles. The summed E-state index contributed by atoms with van der Waals surface area (Å²) in [5.41, 5.74) is 7.92. The van der Waals surface area contributed by atoms with Crippen molar-refractivity contribution in [1.29, 1.82) is 0 Å². The highest BCUT2D eigenvalue weighted by atomic mass is 35.5. The molecular weight excluding hydrogens is 278 g/mol. The number of aliphatic hydroxyl groups excluding tert-OH is 1. The second-order valence-electron chi connectivity index (χ2n) is 4.34. The molecule has 0 saturated heterocycles. The zero-order valence-corrected chi connectivity index (χ0v) is 12.2. The van der Waals surface area contributed by atoms with E-state index in [4.69, 9.17) is 17.3 Å². The minimum atomic E-state index is -0.0810. The molecule has 1 unspecified atom stereocenters. The molecule has 0 amide bonds. The van der Waals surface area contributed by atoms with Crippen molar-refractivity contribution in [1.82, 2.24) is 0 Å². The van der Waals surface area contributed by atoms with E-state index in [1.54, 1.807) is 11.8 Å². The van der Waals surface area contributed by atoms with Crippen LogP contribution in [0.5, 0.6) is 0 Å². The number of hydrogen-bond acceptors (Lipinski definition) is 3. The molecule has 0 spiro atoms. The van der Waals surface area contributed by atoms with Crippen LogP contribution in [0.25, 0.3) is 0 Å². The molecule has 0 fully saturated rings. The molecule has 0 bridgehead atoms. The van der Waals surface area contributed by atoms with Crippen LogP contribution in [-0.2, 0) is 6.61 Å². The van der Waals surface area contributed by atoms with E-state index < -0.39 is 0 Å². The molecule has 0 aliphatic heterocycles. The summed E-state index contributed by atoms with van der Waals surface area (Å²) in [6.45, 7) is 1.97. The van der Waals surface area contributed by atoms with Crippen molar-refractivity contribution in [3.63, 3.8) is 0 Å². The molecule has 4 heteroatoms. The van der Waals surface area contributed by atoms with Crippen LogP contribution in [0.4, 0.5) is 0 Å². The first-order valence-electron chi connectivity index (χ1n) is 6.03. The van der Waals surface area contributed by atoms with E-state index in [1.165, 1.54) is 0 Å². The third-order valence-corrected chi connectivity index (χ3v) is 4.27. The van der Waals surface area contributed by atoms with Gasteiger partial charge in [-0.1, -0.05) is 41.6 Å². The molecule has 2 aromatic rings. The van der Waals surface area contributed by atoms with Crippen LogP contribution in [0, 0.1) is 0 Å². The van der Waals surface area contributed by atoms with Crippen LogP contribution in [0.15, 0.2) is 52.3 Å². The first kappa shape index (κ1) is 14.4. The van der Waals surface area contributed by atoms with E-state index in [0.717, 1.165) is 20.9 Å². The third kappa shape index (κ3) is 3.51. The Morgan fingerprint density at radius 2 is 1.95 bits per heavy atom. The Labute approximate surface area is 122 Å². The van der Waals surface area contributed by atoms with Crippen molar-refractivity contribution in [3.8, 4) is 0 Å². The lowest BCUT2D eigenvalue weighted by molar-refractivity contribution is 0.279. The lowest BCUT2D eigenvalue weighted by Gasteiger charge is -2.14. The summed E-state index contributed by atoms with van der Waals surface area (Å²) in [6, 6.07) is 13.4. The summed E-state index contributed by atoms with van der Waals surface area (Å²) in [5.74, 6) is 0. The topological polar surface area (TPSA) is 46.2 Å². The van der Waals surface area contributed by atoms with Gasteiger partial charge in [-0.2, -0.15) is 0 Å². The van der Waals surface area contributed by atoms with Gasteiger partial charge in [-0.3, -0.25) is 0 Å². The SMILES string of the molecule is CC(N)c1cc(Cl)ccc1Sc1ccccc1CO. The van der Waals surface area contributed by atoms with E-state index in [9.17, 15) is 5.11 Å². The summed E-state index contributed by atoms with van der Waals surface area (Å²) in [7, 11) is 0. The summed E-state index contributed by atoms with van der Waals surface area (Å²) >= 11 is 7.62. The van der Waals surface area contributed by atoms with E-state index in [1.807, 2.05) is 49.4 Å². The molecule has 2 nitrogen and oxygen atoms in total. The molecule has 19 heavy (non-hydrogen) atoms. The predicted octanol–water partition coefficient (Wildman–Crippen LogP) is 4.00. The van der Waals surface area contributed by atoms with Gasteiger partial charge in [-0.15, -0.1) is 0 Å². The Morgan fingerprint density at radius 3 is 2.63 bits per heavy atom. The average Bonchev–Trinajstić information content (AvgIpc) is 2.41. The zero-order valence-electron chi connectivity index (χ0n) is 10.6. The second-order valence-corrected chi connectivity index (χ2v) is 5.86. The molecule has 0 heterocycles. The highest BCUT2D eigenvalue weighted by Crippen LogP contribution is 2.35. The van der Waals surface area contributed by atoms with Crippen molar-refractivity contribution in [3.05, 3.63) is 58.6 Å². The van der Waals surface area contributed by atoms with Gasteiger partial charge >= 0.3 is 0 Å². The lowest BCUT2D eigenvalue weighted by atomic mass is 10.1. The average molecular weight is 294 g/mol. The monoisotopic (exact) mass is 293 g/mol. The standard InChI is InChI=1S/C15H16ClNOS/c1-10(17)13-8-12(16)6-7-15(13)19-14-5-3-2-4-11(14)9-18/h2-8,10,18H,9,17H2,1H3. The first-order chi connectivity index (χ1) is 9.11. The maximum atomic E-state index is 9.36. The molecular formula is C15H16ClNOS.